The molecule has 0 aromatic heterocycles. The molecule has 0 spiro atoms. The summed E-state index contributed by atoms with van der Waals surface area (Å²) >= 11 is 0. The van der Waals surface area contributed by atoms with Crippen LogP contribution >= 0.6 is 0 Å². The first-order chi connectivity index (χ1) is 6.39. The molecule has 0 aliphatic carbocycles. The molecule has 78 valence electrons. The van der Waals surface area contributed by atoms with Gasteiger partial charge in [0.25, 0.3) is 0 Å². The third-order valence-electron chi connectivity index (χ3n) is 1.88. The first-order valence-corrected chi connectivity index (χ1v) is 6.33. The molecular weight excluding hydrogens is 198 g/mol. The van der Waals surface area contributed by atoms with Crippen molar-refractivity contribution in [3.63, 3.8) is 0 Å². The molecule has 0 bridgehead atoms. The lowest BCUT2D eigenvalue weighted by atomic mass is 10.1. The topological polar surface area (TPSA) is 60.2 Å². The number of hydrogen-bond donors (Lipinski definition) is 1. The first-order valence-electron chi connectivity index (χ1n) is 4.44. The van der Waals surface area contributed by atoms with Crippen LogP contribution in [0.1, 0.15) is 12.5 Å². The van der Waals surface area contributed by atoms with Crippen LogP contribution in [-0.2, 0) is 16.3 Å². The molecule has 3 nitrogen and oxygen atoms in total. The fraction of sp³-hybridized carbons (Fsp3) is 0.400. The first kappa shape index (κ1) is 11.2. The number of sulfone groups is 1. The van der Waals surface area contributed by atoms with Gasteiger partial charge >= 0.3 is 0 Å². The van der Waals surface area contributed by atoms with E-state index in [0.29, 0.717) is 11.3 Å². The zero-order chi connectivity index (χ0) is 10.8. The molecule has 0 radical (unpaired) electrons. The van der Waals surface area contributed by atoms with Crippen molar-refractivity contribution in [1.82, 2.24) is 0 Å². The van der Waals surface area contributed by atoms with Crippen molar-refractivity contribution >= 4 is 9.84 Å². The quantitative estimate of drug-likeness (QED) is 0.814. The van der Waals surface area contributed by atoms with Gasteiger partial charge < -0.3 is 5.73 Å². The fourth-order valence-electron chi connectivity index (χ4n) is 1.27. The average Bonchev–Trinajstić information content (AvgIpc) is 2.01. The van der Waals surface area contributed by atoms with Crippen molar-refractivity contribution in [2.75, 3.05) is 6.26 Å². The van der Waals surface area contributed by atoms with Crippen molar-refractivity contribution < 1.29 is 8.42 Å². The van der Waals surface area contributed by atoms with Gasteiger partial charge in [-0.15, -0.1) is 0 Å². The highest BCUT2D eigenvalue weighted by atomic mass is 32.2. The van der Waals surface area contributed by atoms with E-state index in [-0.39, 0.29) is 6.04 Å². The third-order valence-corrected chi connectivity index (χ3v) is 2.99. The van der Waals surface area contributed by atoms with Gasteiger partial charge in [-0.1, -0.05) is 12.1 Å². The smallest absolute Gasteiger partial charge is 0.175 e. The van der Waals surface area contributed by atoms with Crippen LogP contribution in [-0.4, -0.2) is 20.7 Å². The van der Waals surface area contributed by atoms with Crippen molar-refractivity contribution in [2.24, 2.45) is 5.73 Å². The van der Waals surface area contributed by atoms with Crippen LogP contribution in [0.5, 0.6) is 0 Å². The van der Waals surface area contributed by atoms with E-state index in [1.54, 1.807) is 18.2 Å². The molecule has 0 saturated carbocycles. The Morgan fingerprint density at radius 2 is 2.07 bits per heavy atom. The fourth-order valence-corrected chi connectivity index (χ4v) is 1.97. The van der Waals surface area contributed by atoms with Gasteiger partial charge in [0.05, 0.1) is 4.90 Å². The number of nitrogens with two attached hydrogens (primary N) is 1. The zero-order valence-corrected chi connectivity index (χ0v) is 9.21. The van der Waals surface area contributed by atoms with Crippen LogP contribution in [0.15, 0.2) is 29.2 Å². The Labute approximate surface area is 84.9 Å². The molecule has 0 heterocycles. The molecule has 0 amide bonds. The highest BCUT2D eigenvalue weighted by Gasteiger charge is 2.07. The van der Waals surface area contributed by atoms with E-state index in [1.807, 2.05) is 13.0 Å². The van der Waals surface area contributed by atoms with Crippen molar-refractivity contribution in [2.45, 2.75) is 24.3 Å². The summed E-state index contributed by atoms with van der Waals surface area (Å²) in [4.78, 5) is 0.357. The predicted molar refractivity (Wildman–Crippen MR) is 56.9 cm³/mol. The van der Waals surface area contributed by atoms with Gasteiger partial charge in [0.1, 0.15) is 0 Å². The van der Waals surface area contributed by atoms with Crippen LogP contribution in [0.25, 0.3) is 0 Å². The summed E-state index contributed by atoms with van der Waals surface area (Å²) in [6.07, 6.45) is 1.90. The van der Waals surface area contributed by atoms with Crippen LogP contribution in [0.4, 0.5) is 0 Å². The van der Waals surface area contributed by atoms with E-state index in [4.69, 9.17) is 5.73 Å². The van der Waals surface area contributed by atoms with Gasteiger partial charge in [0.2, 0.25) is 0 Å². The molecule has 0 aliphatic heterocycles. The minimum absolute atomic E-state index is 0.0461. The normalized spacial score (nSPS) is 13.9. The van der Waals surface area contributed by atoms with E-state index >= 15 is 0 Å². The lowest BCUT2D eigenvalue weighted by molar-refractivity contribution is 0.601. The predicted octanol–water partition coefficient (Wildman–Crippen LogP) is 0.980. The second kappa shape index (κ2) is 4.11. The van der Waals surface area contributed by atoms with Gasteiger partial charge in [-0.25, -0.2) is 8.42 Å². The SMILES string of the molecule is CC(N)Cc1cccc(S(C)(=O)=O)c1. The molecule has 14 heavy (non-hydrogen) atoms. The maximum atomic E-state index is 11.2. The molecule has 1 atom stereocenters. The minimum atomic E-state index is -3.10. The molecule has 2 N–H and O–H groups in total. The molecule has 4 heteroatoms. The Morgan fingerprint density at radius 1 is 1.43 bits per heavy atom. The number of benzene rings is 1. The van der Waals surface area contributed by atoms with Gasteiger partial charge in [0.15, 0.2) is 9.84 Å². The third kappa shape index (κ3) is 3.12. The van der Waals surface area contributed by atoms with E-state index < -0.39 is 9.84 Å². The Bertz CT molecular complexity index is 410. The summed E-state index contributed by atoms with van der Waals surface area (Å²) in [5, 5.41) is 0. The molecule has 0 saturated heterocycles. The maximum Gasteiger partial charge on any atom is 0.175 e. The largest absolute Gasteiger partial charge is 0.328 e. The Hall–Kier alpha value is -0.870. The van der Waals surface area contributed by atoms with Crippen molar-refractivity contribution in [3.05, 3.63) is 29.8 Å². The molecule has 0 fully saturated rings. The van der Waals surface area contributed by atoms with Gasteiger partial charge in [-0.3, -0.25) is 0 Å². The standard InChI is InChI=1S/C10H15NO2S/c1-8(11)6-9-4-3-5-10(7-9)14(2,12)13/h3-5,7-8H,6,11H2,1-2H3. The second-order valence-corrected chi connectivity index (χ2v) is 5.62. The highest BCUT2D eigenvalue weighted by Crippen LogP contribution is 2.12. The summed E-state index contributed by atoms with van der Waals surface area (Å²) in [6.45, 7) is 1.90. The Morgan fingerprint density at radius 3 is 2.57 bits per heavy atom. The van der Waals surface area contributed by atoms with Crippen LogP contribution in [0.2, 0.25) is 0 Å². The minimum Gasteiger partial charge on any atom is -0.328 e. The van der Waals surface area contributed by atoms with Gasteiger partial charge in [0, 0.05) is 12.3 Å². The average molecular weight is 213 g/mol. The van der Waals surface area contributed by atoms with Gasteiger partial charge in [-0.05, 0) is 31.0 Å². The number of rotatable bonds is 3. The molecule has 1 aromatic carbocycles. The van der Waals surface area contributed by atoms with Crippen LogP contribution in [0, 0.1) is 0 Å². The lowest BCUT2D eigenvalue weighted by Gasteiger charge is -2.06. The van der Waals surface area contributed by atoms with E-state index in [0.717, 1.165) is 5.56 Å². The summed E-state index contributed by atoms with van der Waals surface area (Å²) in [5.74, 6) is 0. The Balaban J connectivity index is 3.02. The maximum absolute atomic E-state index is 11.2. The lowest BCUT2D eigenvalue weighted by Crippen LogP contribution is -2.17. The molecular formula is C10H15NO2S. The summed E-state index contributed by atoms with van der Waals surface area (Å²) in [6, 6.07) is 6.95. The second-order valence-electron chi connectivity index (χ2n) is 3.60. The number of hydrogen-bond acceptors (Lipinski definition) is 3. The monoisotopic (exact) mass is 213 g/mol. The van der Waals surface area contributed by atoms with Gasteiger partial charge in [-0.2, -0.15) is 0 Å². The highest BCUT2D eigenvalue weighted by molar-refractivity contribution is 7.90. The molecule has 0 aliphatic rings. The van der Waals surface area contributed by atoms with E-state index in [9.17, 15) is 8.42 Å². The molecule has 1 aromatic rings. The summed E-state index contributed by atoms with van der Waals surface area (Å²) < 4.78 is 22.5. The van der Waals surface area contributed by atoms with E-state index in [2.05, 4.69) is 0 Å². The van der Waals surface area contributed by atoms with E-state index in [1.165, 1.54) is 6.26 Å². The summed E-state index contributed by atoms with van der Waals surface area (Å²) in [7, 11) is -3.10. The summed E-state index contributed by atoms with van der Waals surface area (Å²) in [5.41, 5.74) is 6.60. The molecule has 1 rings (SSSR count). The van der Waals surface area contributed by atoms with Crippen molar-refractivity contribution in [3.8, 4) is 0 Å². The van der Waals surface area contributed by atoms with Crippen LogP contribution < -0.4 is 5.73 Å². The van der Waals surface area contributed by atoms with Crippen molar-refractivity contribution in [1.29, 1.82) is 0 Å². The molecule has 1 unspecified atom stereocenters. The Kier molecular flexibility index (Phi) is 3.29. The van der Waals surface area contributed by atoms with Crippen LogP contribution in [0.3, 0.4) is 0 Å². The zero-order valence-electron chi connectivity index (χ0n) is 8.40.